The zero-order valence-corrected chi connectivity index (χ0v) is 23.3. The number of imidazole rings is 1. The van der Waals surface area contributed by atoms with Gasteiger partial charge in [0.2, 0.25) is 0 Å². The van der Waals surface area contributed by atoms with E-state index < -0.39 is 0 Å². The van der Waals surface area contributed by atoms with E-state index in [1.54, 1.807) is 6.20 Å². The minimum Gasteiger partial charge on any atom is -0.371 e. The van der Waals surface area contributed by atoms with Crippen molar-refractivity contribution in [1.29, 1.82) is 5.26 Å². The first-order valence-corrected chi connectivity index (χ1v) is 11.9. The van der Waals surface area contributed by atoms with Gasteiger partial charge in [-0.1, -0.05) is 47.5 Å². The molecule has 1 aliphatic heterocycles. The zero-order valence-electron chi connectivity index (χ0n) is 20.9. The molecule has 2 aromatic heterocycles. The maximum absolute atomic E-state index is 9.16. The van der Waals surface area contributed by atoms with E-state index in [4.69, 9.17) is 18.4 Å². The fourth-order valence-corrected chi connectivity index (χ4v) is 4.47. The smallest absolute Gasteiger partial charge is 0.181 e. The maximum Gasteiger partial charge on any atom is 0.181 e. The van der Waals surface area contributed by atoms with Gasteiger partial charge in [0.05, 0.1) is 19.0 Å². The summed E-state index contributed by atoms with van der Waals surface area (Å²) in [5.74, 6) is 1.06. The molecule has 1 aliphatic rings. The molecule has 7 heteroatoms. The Balaban J connectivity index is 0.000000210. The molecular formula is C32H20IrN6-2. The van der Waals surface area contributed by atoms with E-state index in [1.165, 1.54) is 17.2 Å². The van der Waals surface area contributed by atoms with Crippen LogP contribution in [0.1, 0.15) is 16.7 Å². The van der Waals surface area contributed by atoms with E-state index in [0.717, 1.165) is 35.5 Å². The fourth-order valence-electron chi connectivity index (χ4n) is 4.47. The summed E-state index contributed by atoms with van der Waals surface area (Å²) in [6.45, 7) is 17.6. The topological polar surface area (TPSA) is 63.2 Å². The Kier molecular flexibility index (Phi) is 8.45. The van der Waals surface area contributed by atoms with Gasteiger partial charge in [0.25, 0.3) is 0 Å². The normalized spacial score (nSPS) is 10.7. The van der Waals surface area contributed by atoms with Gasteiger partial charge in [-0.25, -0.2) is 5.26 Å². The van der Waals surface area contributed by atoms with E-state index in [2.05, 4.69) is 42.4 Å². The molecule has 6 nitrogen and oxygen atoms in total. The molecule has 39 heavy (non-hydrogen) atoms. The van der Waals surface area contributed by atoms with Crippen LogP contribution in [-0.4, -0.2) is 14.5 Å². The molecule has 0 N–H and O–H groups in total. The van der Waals surface area contributed by atoms with Crippen LogP contribution in [0.5, 0.6) is 0 Å². The first-order chi connectivity index (χ1) is 18.6. The van der Waals surface area contributed by atoms with Crippen LogP contribution in [0.25, 0.3) is 43.5 Å². The number of hydrogen-bond acceptors (Lipinski definition) is 3. The average molecular weight is 681 g/mol. The monoisotopic (exact) mass is 681 g/mol. The Labute approximate surface area is 241 Å². The SMILES string of the molecule is [C-]#[N+]c1cc(C#N)[c-]c(-c2cc(C)c(-c3ccccc3)cn2)c1[N+]#[C-].[Ir].[c-]1cccc2c1-c1nccn1CC2. The number of pyridine rings is 1. The molecule has 1 radical (unpaired) electrons. The van der Waals surface area contributed by atoms with Gasteiger partial charge in [0.1, 0.15) is 0 Å². The standard InChI is InChI=1S/C21H11N4.C11H9N2.Ir/c1-14-9-19(25-13-18(14)16-7-5-4-6-8-16)17-10-15(12-22)11-20(23-2)21(17)24-3;1-2-4-10-9(3-1)5-7-13-8-6-12-11(10)13;/h4-9,11,13H,1H3;1-3,6,8H,5,7H2;/q2*-1;. The van der Waals surface area contributed by atoms with Crippen molar-refractivity contribution in [3.05, 3.63) is 131 Å². The minimum atomic E-state index is 0. The van der Waals surface area contributed by atoms with Gasteiger partial charge in [-0.15, -0.1) is 47.5 Å². The van der Waals surface area contributed by atoms with Crippen LogP contribution < -0.4 is 0 Å². The van der Waals surface area contributed by atoms with Crippen LogP contribution >= 0.6 is 0 Å². The van der Waals surface area contributed by atoms with Crippen molar-refractivity contribution in [2.45, 2.75) is 19.9 Å². The fraction of sp³-hybridized carbons (Fsp3) is 0.0938. The summed E-state index contributed by atoms with van der Waals surface area (Å²) in [6, 6.07) is 27.4. The Morgan fingerprint density at radius 3 is 2.56 bits per heavy atom. The predicted molar refractivity (Wildman–Crippen MR) is 146 cm³/mol. The first kappa shape index (κ1) is 27.2. The molecule has 0 amide bonds. The van der Waals surface area contributed by atoms with Crippen LogP contribution in [0.4, 0.5) is 11.4 Å². The van der Waals surface area contributed by atoms with E-state index in [0.29, 0.717) is 11.3 Å². The number of rotatable bonds is 2. The molecule has 5 aromatic rings. The number of nitriles is 1. The predicted octanol–water partition coefficient (Wildman–Crippen LogP) is 7.40. The Morgan fingerprint density at radius 2 is 1.85 bits per heavy atom. The van der Waals surface area contributed by atoms with Crippen molar-refractivity contribution in [3.8, 4) is 39.8 Å². The van der Waals surface area contributed by atoms with E-state index in [9.17, 15) is 0 Å². The second kappa shape index (κ2) is 12.1. The number of benzene rings is 3. The second-order valence-electron chi connectivity index (χ2n) is 8.64. The molecule has 0 bridgehead atoms. The minimum absolute atomic E-state index is 0. The van der Waals surface area contributed by atoms with Gasteiger partial charge in [-0.3, -0.25) is 19.7 Å². The third kappa shape index (κ3) is 5.54. The molecule has 0 unspecified atom stereocenters. The second-order valence-corrected chi connectivity index (χ2v) is 8.64. The van der Waals surface area contributed by atoms with Crippen molar-refractivity contribution in [1.82, 2.24) is 14.5 Å². The van der Waals surface area contributed by atoms with Crippen LogP contribution in [-0.2, 0) is 33.1 Å². The number of fused-ring (bicyclic) bond motifs is 3. The average Bonchev–Trinajstić information content (AvgIpc) is 3.47. The molecule has 0 atom stereocenters. The van der Waals surface area contributed by atoms with Crippen LogP contribution in [0.3, 0.4) is 0 Å². The quantitative estimate of drug-likeness (QED) is 0.183. The van der Waals surface area contributed by atoms with E-state index >= 15 is 0 Å². The van der Waals surface area contributed by atoms with Crippen LogP contribution in [0, 0.1) is 43.5 Å². The summed E-state index contributed by atoms with van der Waals surface area (Å²) < 4.78 is 2.18. The molecule has 0 aliphatic carbocycles. The Morgan fingerprint density at radius 1 is 1.03 bits per heavy atom. The molecule has 0 saturated heterocycles. The summed E-state index contributed by atoms with van der Waals surface area (Å²) in [6.07, 6.45) is 6.72. The largest absolute Gasteiger partial charge is 0.371 e. The molecular weight excluding hydrogens is 661 g/mol. The first-order valence-electron chi connectivity index (χ1n) is 11.9. The van der Waals surface area contributed by atoms with Gasteiger partial charge in [-0.2, -0.15) is 0 Å². The van der Waals surface area contributed by atoms with Gasteiger partial charge < -0.3 is 4.57 Å². The van der Waals surface area contributed by atoms with Gasteiger partial charge in [0.15, 0.2) is 11.4 Å². The summed E-state index contributed by atoms with van der Waals surface area (Å²) in [5, 5.41) is 9.16. The summed E-state index contributed by atoms with van der Waals surface area (Å²) in [7, 11) is 0. The van der Waals surface area contributed by atoms with Crippen LogP contribution in [0.2, 0.25) is 0 Å². The Bertz CT molecular complexity index is 1770. The molecule has 3 aromatic carbocycles. The van der Waals surface area contributed by atoms with Crippen molar-refractivity contribution < 1.29 is 20.1 Å². The van der Waals surface area contributed by atoms with Crippen molar-refractivity contribution >= 4 is 11.4 Å². The van der Waals surface area contributed by atoms with E-state index in [1.807, 2.05) is 73.9 Å². The van der Waals surface area contributed by atoms with Crippen molar-refractivity contribution in [2.24, 2.45) is 0 Å². The molecule has 6 rings (SSSR count). The van der Waals surface area contributed by atoms with Crippen molar-refractivity contribution in [3.63, 3.8) is 0 Å². The maximum atomic E-state index is 9.16. The van der Waals surface area contributed by atoms with Gasteiger partial charge >= 0.3 is 0 Å². The van der Waals surface area contributed by atoms with Gasteiger partial charge in [-0.05, 0) is 30.5 Å². The molecule has 3 heterocycles. The van der Waals surface area contributed by atoms with E-state index in [-0.39, 0.29) is 37.0 Å². The molecule has 189 valence electrons. The molecule has 0 saturated carbocycles. The number of nitrogens with zero attached hydrogens (tertiary/aromatic N) is 6. The summed E-state index contributed by atoms with van der Waals surface area (Å²) in [4.78, 5) is 15.6. The number of aryl methyl sites for hydroxylation is 3. The van der Waals surface area contributed by atoms with Crippen LogP contribution in [0.15, 0.2) is 79.3 Å². The molecule has 0 fully saturated rings. The zero-order chi connectivity index (χ0) is 26.5. The summed E-state index contributed by atoms with van der Waals surface area (Å²) >= 11 is 0. The van der Waals surface area contributed by atoms with Gasteiger partial charge in [0, 0.05) is 56.5 Å². The molecule has 0 spiro atoms. The third-order valence-electron chi connectivity index (χ3n) is 6.33. The third-order valence-corrected chi connectivity index (χ3v) is 6.33. The van der Waals surface area contributed by atoms with Crippen molar-refractivity contribution in [2.75, 3.05) is 0 Å². The summed E-state index contributed by atoms with van der Waals surface area (Å²) in [5.41, 5.74) is 7.04. The Hall–Kier alpha value is -4.86. The number of aromatic nitrogens is 3. The number of hydrogen-bond donors (Lipinski definition) is 0.